The van der Waals surface area contributed by atoms with E-state index in [4.69, 9.17) is 0 Å². The fraction of sp³-hybridized carbons (Fsp3) is 0.409. The van der Waals surface area contributed by atoms with Crippen molar-refractivity contribution in [1.29, 1.82) is 0 Å². The summed E-state index contributed by atoms with van der Waals surface area (Å²) < 4.78 is 42.2. The van der Waals surface area contributed by atoms with Gasteiger partial charge in [0.25, 0.3) is 10.2 Å². The van der Waals surface area contributed by atoms with Crippen LogP contribution < -0.4 is 5.32 Å². The van der Waals surface area contributed by atoms with Crippen LogP contribution >= 0.6 is 0 Å². The predicted octanol–water partition coefficient (Wildman–Crippen LogP) is 2.72. The van der Waals surface area contributed by atoms with E-state index in [9.17, 15) is 17.6 Å². The third-order valence-electron chi connectivity index (χ3n) is 5.21. The normalized spacial score (nSPS) is 18.1. The maximum atomic E-state index is 13.9. The highest BCUT2D eigenvalue weighted by molar-refractivity contribution is 7.86. The van der Waals surface area contributed by atoms with Crippen LogP contribution in [0.2, 0.25) is 0 Å². The first-order chi connectivity index (χ1) is 14.4. The summed E-state index contributed by atoms with van der Waals surface area (Å²) in [5.74, 6) is -0.762. The van der Waals surface area contributed by atoms with E-state index in [0.29, 0.717) is 18.5 Å². The van der Waals surface area contributed by atoms with Crippen molar-refractivity contribution in [2.75, 3.05) is 19.6 Å². The molecule has 1 atom stereocenters. The summed E-state index contributed by atoms with van der Waals surface area (Å²) in [6.07, 6.45) is 2.19. The molecular formula is C22H28FN3O3S. The van der Waals surface area contributed by atoms with E-state index < -0.39 is 16.0 Å². The molecule has 0 aromatic heterocycles. The number of nitrogens with one attached hydrogen (secondary N) is 1. The Labute approximate surface area is 177 Å². The first-order valence-electron chi connectivity index (χ1n) is 10.2. The Morgan fingerprint density at radius 2 is 1.73 bits per heavy atom. The molecule has 1 fully saturated rings. The molecule has 1 saturated heterocycles. The van der Waals surface area contributed by atoms with Gasteiger partial charge in [0, 0.05) is 31.2 Å². The molecular weight excluding hydrogens is 405 g/mol. The van der Waals surface area contributed by atoms with Gasteiger partial charge in [-0.1, -0.05) is 48.5 Å². The number of carbonyl (C=O) groups excluding carboxylic acids is 1. The fourth-order valence-electron chi connectivity index (χ4n) is 3.54. The zero-order chi connectivity index (χ0) is 21.6. The number of hydrogen-bond donors (Lipinski definition) is 1. The van der Waals surface area contributed by atoms with Crippen LogP contribution in [0.4, 0.5) is 4.39 Å². The molecule has 0 spiro atoms. The molecule has 162 valence electrons. The van der Waals surface area contributed by atoms with E-state index in [0.717, 1.165) is 12.8 Å². The number of hydrogen-bond acceptors (Lipinski definition) is 3. The molecule has 2 aromatic rings. The number of carbonyl (C=O) groups is 1. The lowest BCUT2D eigenvalue weighted by Gasteiger charge is -2.34. The summed E-state index contributed by atoms with van der Waals surface area (Å²) >= 11 is 0. The van der Waals surface area contributed by atoms with Crippen LogP contribution in [0.25, 0.3) is 0 Å². The van der Waals surface area contributed by atoms with E-state index in [1.807, 2.05) is 37.3 Å². The lowest BCUT2D eigenvalue weighted by molar-refractivity contribution is -0.122. The molecule has 1 N–H and O–H groups in total. The van der Waals surface area contributed by atoms with Gasteiger partial charge < -0.3 is 5.32 Å². The number of aryl methyl sites for hydroxylation is 1. The van der Waals surface area contributed by atoms with Crippen LogP contribution in [0.1, 0.15) is 30.9 Å². The summed E-state index contributed by atoms with van der Waals surface area (Å²) in [7, 11) is -3.83. The highest BCUT2D eigenvalue weighted by Crippen LogP contribution is 2.20. The first kappa shape index (κ1) is 22.4. The van der Waals surface area contributed by atoms with Crippen molar-refractivity contribution in [2.45, 2.75) is 38.8 Å². The maximum absolute atomic E-state index is 13.9. The number of halogens is 1. The van der Waals surface area contributed by atoms with Crippen LogP contribution in [0.5, 0.6) is 0 Å². The zero-order valence-electron chi connectivity index (χ0n) is 17.1. The largest absolute Gasteiger partial charge is 0.352 e. The van der Waals surface area contributed by atoms with Crippen LogP contribution in [0, 0.1) is 5.82 Å². The Morgan fingerprint density at radius 1 is 1.07 bits per heavy atom. The number of amides is 1. The summed E-state index contributed by atoms with van der Waals surface area (Å²) in [6.45, 7) is 2.23. The minimum Gasteiger partial charge on any atom is -0.352 e. The van der Waals surface area contributed by atoms with Crippen molar-refractivity contribution in [1.82, 2.24) is 13.9 Å². The Morgan fingerprint density at radius 3 is 2.47 bits per heavy atom. The van der Waals surface area contributed by atoms with Crippen LogP contribution in [-0.4, -0.2) is 48.6 Å². The van der Waals surface area contributed by atoms with Crippen LogP contribution in [0.3, 0.4) is 0 Å². The number of nitrogens with zero attached hydrogens (tertiary/aromatic N) is 2. The quantitative estimate of drug-likeness (QED) is 0.696. The molecule has 1 amide bonds. The Kier molecular flexibility index (Phi) is 7.58. The zero-order valence-corrected chi connectivity index (χ0v) is 17.9. The highest BCUT2D eigenvalue weighted by atomic mass is 32.2. The smallest absolute Gasteiger partial charge is 0.282 e. The van der Waals surface area contributed by atoms with Crippen molar-refractivity contribution in [3.05, 3.63) is 71.5 Å². The standard InChI is InChI=1S/C22H28FN3O3S/c1-18(12-13-19-8-3-2-4-9-19)24-22(27)17-26-15-7-14-25(30(26,28)29)16-20-10-5-6-11-21(20)23/h2-6,8-11,18H,7,12-17H2,1H3,(H,24,27). The Balaban J connectivity index is 1.54. The molecule has 30 heavy (non-hydrogen) atoms. The lowest BCUT2D eigenvalue weighted by Crippen LogP contribution is -2.52. The molecule has 0 aliphatic carbocycles. The third-order valence-corrected chi connectivity index (χ3v) is 7.14. The second kappa shape index (κ2) is 10.1. The van der Waals surface area contributed by atoms with E-state index in [2.05, 4.69) is 5.32 Å². The van der Waals surface area contributed by atoms with Crippen molar-refractivity contribution in [2.24, 2.45) is 0 Å². The van der Waals surface area contributed by atoms with E-state index in [-0.39, 0.29) is 31.6 Å². The van der Waals surface area contributed by atoms with Crippen molar-refractivity contribution in [3.8, 4) is 0 Å². The van der Waals surface area contributed by atoms with Gasteiger partial charge in [0.05, 0.1) is 6.54 Å². The number of benzene rings is 2. The van der Waals surface area contributed by atoms with E-state index in [1.165, 1.54) is 20.2 Å². The molecule has 1 unspecified atom stereocenters. The van der Waals surface area contributed by atoms with Gasteiger partial charge in [0.15, 0.2) is 0 Å². The SMILES string of the molecule is CC(CCc1ccccc1)NC(=O)CN1CCCN(Cc2ccccc2F)S1(=O)=O. The fourth-order valence-corrected chi connectivity index (χ4v) is 5.16. The molecule has 1 heterocycles. The lowest BCUT2D eigenvalue weighted by atomic mass is 10.1. The topological polar surface area (TPSA) is 69.7 Å². The molecule has 0 bridgehead atoms. The van der Waals surface area contributed by atoms with Gasteiger partial charge in [0.1, 0.15) is 5.82 Å². The number of rotatable bonds is 8. The van der Waals surface area contributed by atoms with Gasteiger partial charge >= 0.3 is 0 Å². The minimum atomic E-state index is -3.83. The van der Waals surface area contributed by atoms with Gasteiger partial charge in [-0.15, -0.1) is 0 Å². The van der Waals surface area contributed by atoms with Crippen molar-refractivity contribution in [3.63, 3.8) is 0 Å². The van der Waals surface area contributed by atoms with Gasteiger partial charge in [-0.25, -0.2) is 4.39 Å². The molecule has 2 aromatic carbocycles. The average Bonchev–Trinajstić information content (AvgIpc) is 2.72. The monoisotopic (exact) mass is 433 g/mol. The van der Waals surface area contributed by atoms with Gasteiger partial charge in [-0.3, -0.25) is 4.79 Å². The molecule has 0 saturated carbocycles. The van der Waals surface area contributed by atoms with E-state index in [1.54, 1.807) is 18.2 Å². The second-order valence-corrected chi connectivity index (χ2v) is 9.54. The maximum Gasteiger partial charge on any atom is 0.282 e. The summed E-state index contributed by atoms with van der Waals surface area (Å²) in [5.41, 5.74) is 1.52. The minimum absolute atomic E-state index is 0.0411. The molecule has 8 heteroatoms. The average molecular weight is 434 g/mol. The molecule has 1 aliphatic rings. The van der Waals surface area contributed by atoms with E-state index >= 15 is 0 Å². The summed E-state index contributed by atoms with van der Waals surface area (Å²) in [5, 5.41) is 2.89. The second-order valence-electron chi connectivity index (χ2n) is 7.61. The van der Waals surface area contributed by atoms with Crippen LogP contribution in [0.15, 0.2) is 54.6 Å². The summed E-state index contributed by atoms with van der Waals surface area (Å²) in [6, 6.07) is 16.1. The molecule has 1 aliphatic heterocycles. The molecule has 0 radical (unpaired) electrons. The predicted molar refractivity (Wildman–Crippen MR) is 114 cm³/mol. The third kappa shape index (κ3) is 5.87. The first-order valence-corrected chi connectivity index (χ1v) is 11.6. The Hall–Kier alpha value is -2.29. The molecule has 6 nitrogen and oxygen atoms in total. The Bertz CT molecular complexity index is 953. The summed E-state index contributed by atoms with van der Waals surface area (Å²) in [4.78, 5) is 12.4. The van der Waals surface area contributed by atoms with Crippen molar-refractivity contribution < 1.29 is 17.6 Å². The van der Waals surface area contributed by atoms with Crippen molar-refractivity contribution >= 4 is 16.1 Å². The van der Waals surface area contributed by atoms with Crippen LogP contribution in [-0.2, 0) is 28.0 Å². The highest BCUT2D eigenvalue weighted by Gasteiger charge is 2.35. The van der Waals surface area contributed by atoms with Gasteiger partial charge in [-0.05, 0) is 37.8 Å². The van der Waals surface area contributed by atoms with Gasteiger partial charge in [-0.2, -0.15) is 17.0 Å². The van der Waals surface area contributed by atoms with Gasteiger partial charge in [0.2, 0.25) is 5.91 Å². The molecule has 3 rings (SSSR count).